The van der Waals surface area contributed by atoms with E-state index >= 15 is 0 Å². The van der Waals surface area contributed by atoms with E-state index in [4.69, 9.17) is 9.72 Å². The Hall–Kier alpha value is -1.69. The Balaban J connectivity index is 1.41. The van der Waals surface area contributed by atoms with Crippen molar-refractivity contribution in [1.29, 1.82) is 0 Å². The van der Waals surface area contributed by atoms with Gasteiger partial charge in [0.1, 0.15) is 0 Å². The topological polar surface area (TPSA) is 58.6 Å². The zero-order chi connectivity index (χ0) is 15.6. The summed E-state index contributed by atoms with van der Waals surface area (Å²) in [6.45, 7) is 4.44. The van der Waals surface area contributed by atoms with E-state index in [1.165, 1.54) is 25.7 Å². The monoisotopic (exact) mass is 316 g/mol. The fourth-order valence-corrected chi connectivity index (χ4v) is 3.83. The van der Waals surface area contributed by atoms with E-state index in [2.05, 4.69) is 9.88 Å². The van der Waals surface area contributed by atoms with Crippen LogP contribution < -0.4 is 4.90 Å². The third kappa shape index (κ3) is 3.17. The van der Waals surface area contributed by atoms with E-state index in [0.717, 1.165) is 43.5 Å². The molecule has 6 nitrogen and oxygen atoms in total. The molecule has 0 radical (unpaired) electrons. The van der Waals surface area contributed by atoms with Gasteiger partial charge in [0.05, 0.1) is 25.5 Å². The maximum Gasteiger partial charge on any atom is 0.225 e. The van der Waals surface area contributed by atoms with Crippen LogP contribution in [-0.2, 0) is 22.6 Å². The zero-order valence-corrected chi connectivity index (χ0v) is 13.5. The molecule has 1 amide bonds. The van der Waals surface area contributed by atoms with Gasteiger partial charge in [0.15, 0.2) is 0 Å². The second kappa shape index (κ2) is 6.43. The molecular formula is C17H24N4O2. The van der Waals surface area contributed by atoms with Crippen LogP contribution >= 0.6 is 0 Å². The summed E-state index contributed by atoms with van der Waals surface area (Å²) in [5, 5.41) is 0. The molecule has 0 aromatic carbocycles. The first-order valence-electron chi connectivity index (χ1n) is 8.75. The number of rotatable bonds is 3. The van der Waals surface area contributed by atoms with Crippen LogP contribution in [0.25, 0.3) is 0 Å². The molecule has 23 heavy (non-hydrogen) atoms. The van der Waals surface area contributed by atoms with Gasteiger partial charge in [-0.3, -0.25) is 4.79 Å². The molecule has 6 heteroatoms. The van der Waals surface area contributed by atoms with Crippen molar-refractivity contribution in [1.82, 2.24) is 14.9 Å². The Labute approximate surface area is 136 Å². The van der Waals surface area contributed by atoms with Gasteiger partial charge in [-0.2, -0.15) is 0 Å². The molecule has 0 unspecified atom stereocenters. The first-order valence-corrected chi connectivity index (χ1v) is 8.75. The molecule has 0 bridgehead atoms. The number of nitrogens with zero attached hydrogens (tertiary/aromatic N) is 4. The number of aromatic nitrogens is 2. The van der Waals surface area contributed by atoms with Gasteiger partial charge in [-0.15, -0.1) is 0 Å². The SMILES string of the molecule is O=C(CC1CCCC1)N1Cc2cnc(N3CCOCC3)nc2C1. The quantitative estimate of drug-likeness (QED) is 0.850. The van der Waals surface area contributed by atoms with Crippen molar-refractivity contribution in [2.24, 2.45) is 5.92 Å². The van der Waals surface area contributed by atoms with Crippen molar-refractivity contribution in [2.45, 2.75) is 45.2 Å². The first-order chi connectivity index (χ1) is 11.3. The Bertz CT molecular complexity index is 580. The highest BCUT2D eigenvalue weighted by molar-refractivity contribution is 5.77. The van der Waals surface area contributed by atoms with Crippen molar-refractivity contribution in [3.63, 3.8) is 0 Å². The molecule has 4 rings (SSSR count). The zero-order valence-electron chi connectivity index (χ0n) is 13.5. The number of hydrogen-bond donors (Lipinski definition) is 0. The molecular weight excluding hydrogens is 292 g/mol. The van der Waals surface area contributed by atoms with Gasteiger partial charge in [0.25, 0.3) is 0 Å². The highest BCUT2D eigenvalue weighted by atomic mass is 16.5. The van der Waals surface area contributed by atoms with E-state index in [-0.39, 0.29) is 5.91 Å². The maximum atomic E-state index is 12.5. The maximum absolute atomic E-state index is 12.5. The number of morpholine rings is 1. The Morgan fingerprint density at radius 3 is 2.78 bits per heavy atom. The molecule has 0 atom stereocenters. The van der Waals surface area contributed by atoms with Crippen LogP contribution in [0.4, 0.5) is 5.95 Å². The third-order valence-corrected chi connectivity index (χ3v) is 5.23. The predicted octanol–water partition coefficient (Wildman–Crippen LogP) is 1.74. The summed E-state index contributed by atoms with van der Waals surface area (Å²) in [5.74, 6) is 1.65. The number of carbonyl (C=O) groups excluding carboxylic acids is 1. The van der Waals surface area contributed by atoms with Gasteiger partial charge in [-0.25, -0.2) is 9.97 Å². The van der Waals surface area contributed by atoms with Crippen LogP contribution in [0.5, 0.6) is 0 Å². The average molecular weight is 316 g/mol. The minimum absolute atomic E-state index is 0.280. The lowest BCUT2D eigenvalue weighted by Gasteiger charge is -2.26. The highest BCUT2D eigenvalue weighted by Gasteiger charge is 2.28. The molecule has 1 saturated carbocycles. The Kier molecular flexibility index (Phi) is 4.16. The summed E-state index contributed by atoms with van der Waals surface area (Å²) in [4.78, 5) is 25.8. The van der Waals surface area contributed by atoms with Crippen LogP contribution in [0.3, 0.4) is 0 Å². The van der Waals surface area contributed by atoms with E-state index < -0.39 is 0 Å². The molecule has 1 aliphatic carbocycles. The third-order valence-electron chi connectivity index (χ3n) is 5.23. The summed E-state index contributed by atoms with van der Waals surface area (Å²) in [6, 6.07) is 0. The van der Waals surface area contributed by atoms with E-state index in [0.29, 0.717) is 25.4 Å². The Morgan fingerprint density at radius 2 is 2.00 bits per heavy atom. The molecule has 1 aromatic rings. The average Bonchev–Trinajstić information content (AvgIpc) is 3.24. The van der Waals surface area contributed by atoms with Gasteiger partial charge < -0.3 is 14.5 Å². The van der Waals surface area contributed by atoms with Gasteiger partial charge in [0.2, 0.25) is 11.9 Å². The van der Waals surface area contributed by atoms with Crippen LogP contribution in [0.15, 0.2) is 6.20 Å². The molecule has 1 aromatic heterocycles. The van der Waals surface area contributed by atoms with Crippen LogP contribution in [0, 0.1) is 5.92 Å². The number of fused-ring (bicyclic) bond motifs is 1. The van der Waals surface area contributed by atoms with Crippen molar-refractivity contribution < 1.29 is 9.53 Å². The normalized spacial score (nSPS) is 21.7. The molecule has 1 saturated heterocycles. The van der Waals surface area contributed by atoms with E-state index in [1.807, 2.05) is 11.1 Å². The summed E-state index contributed by atoms with van der Waals surface area (Å²) in [7, 11) is 0. The minimum atomic E-state index is 0.280. The van der Waals surface area contributed by atoms with E-state index in [1.54, 1.807) is 0 Å². The van der Waals surface area contributed by atoms with Crippen LogP contribution in [-0.4, -0.2) is 47.1 Å². The summed E-state index contributed by atoms with van der Waals surface area (Å²) >= 11 is 0. The standard InChI is InChI=1S/C17H24N4O2/c22-16(9-13-3-1-2-4-13)21-11-14-10-18-17(19-15(14)12-21)20-5-7-23-8-6-20/h10,13H,1-9,11-12H2. The lowest BCUT2D eigenvalue weighted by Crippen LogP contribution is -2.37. The Morgan fingerprint density at radius 1 is 1.22 bits per heavy atom. The largest absolute Gasteiger partial charge is 0.378 e. The van der Waals surface area contributed by atoms with Crippen molar-refractivity contribution in [2.75, 3.05) is 31.2 Å². The predicted molar refractivity (Wildman–Crippen MR) is 85.9 cm³/mol. The number of hydrogen-bond acceptors (Lipinski definition) is 5. The van der Waals surface area contributed by atoms with Gasteiger partial charge in [-0.05, 0) is 18.8 Å². The fraction of sp³-hybridized carbons (Fsp3) is 0.706. The lowest BCUT2D eigenvalue weighted by atomic mass is 10.0. The molecule has 0 spiro atoms. The summed E-state index contributed by atoms with van der Waals surface area (Å²) in [5.41, 5.74) is 2.11. The molecule has 2 fully saturated rings. The van der Waals surface area contributed by atoms with Gasteiger partial charge in [0, 0.05) is 37.8 Å². The molecule has 0 N–H and O–H groups in total. The minimum Gasteiger partial charge on any atom is -0.378 e. The van der Waals surface area contributed by atoms with E-state index in [9.17, 15) is 4.79 Å². The molecule has 3 aliphatic rings. The van der Waals surface area contributed by atoms with Crippen molar-refractivity contribution >= 4 is 11.9 Å². The van der Waals surface area contributed by atoms with Crippen molar-refractivity contribution in [3.05, 3.63) is 17.5 Å². The van der Waals surface area contributed by atoms with Crippen LogP contribution in [0.1, 0.15) is 43.4 Å². The second-order valence-corrected chi connectivity index (χ2v) is 6.85. The van der Waals surface area contributed by atoms with Crippen molar-refractivity contribution in [3.8, 4) is 0 Å². The molecule has 2 aliphatic heterocycles. The van der Waals surface area contributed by atoms with Gasteiger partial charge in [-0.1, -0.05) is 12.8 Å². The van der Waals surface area contributed by atoms with Crippen LogP contribution in [0.2, 0.25) is 0 Å². The number of anilines is 1. The van der Waals surface area contributed by atoms with Gasteiger partial charge >= 0.3 is 0 Å². The lowest BCUT2D eigenvalue weighted by molar-refractivity contribution is -0.132. The smallest absolute Gasteiger partial charge is 0.225 e. The fourth-order valence-electron chi connectivity index (χ4n) is 3.83. The molecule has 3 heterocycles. The number of amides is 1. The summed E-state index contributed by atoms with van der Waals surface area (Å²) < 4.78 is 5.38. The number of ether oxygens (including phenoxy) is 1. The second-order valence-electron chi connectivity index (χ2n) is 6.85. The summed E-state index contributed by atoms with van der Waals surface area (Å²) in [6.07, 6.45) is 7.61. The first kappa shape index (κ1) is 14.9. The highest BCUT2D eigenvalue weighted by Crippen LogP contribution is 2.30. The molecule has 124 valence electrons. The number of carbonyl (C=O) groups is 1.